The standard InChI is InChI=1S/C25H25NO2S/c27-24(29-20-21-10-4-1-5-11-21)26-18-16-25(17-19-26,22-12-6-2-7-13-22)28-23-14-8-3-9-15-23/h1-15H,16-20H2. The van der Waals surface area contributed by atoms with Crippen LogP contribution in [0.15, 0.2) is 91.0 Å². The van der Waals surface area contributed by atoms with E-state index in [-0.39, 0.29) is 5.24 Å². The molecule has 3 aromatic rings. The molecule has 1 heterocycles. The number of benzene rings is 3. The predicted octanol–water partition coefficient (Wildman–Crippen LogP) is 6.11. The van der Waals surface area contributed by atoms with Crippen molar-refractivity contribution in [2.45, 2.75) is 24.2 Å². The van der Waals surface area contributed by atoms with Gasteiger partial charge in [0.25, 0.3) is 5.24 Å². The van der Waals surface area contributed by atoms with Crippen LogP contribution in [0, 0.1) is 0 Å². The lowest BCUT2D eigenvalue weighted by molar-refractivity contribution is 0.00976. The Kier molecular flexibility index (Phi) is 6.20. The van der Waals surface area contributed by atoms with Crippen LogP contribution in [0.3, 0.4) is 0 Å². The van der Waals surface area contributed by atoms with Crippen LogP contribution in [-0.4, -0.2) is 23.2 Å². The van der Waals surface area contributed by atoms with Gasteiger partial charge in [-0.1, -0.05) is 90.6 Å². The fraction of sp³-hybridized carbons (Fsp3) is 0.240. The van der Waals surface area contributed by atoms with Crippen molar-refractivity contribution in [3.8, 4) is 5.75 Å². The van der Waals surface area contributed by atoms with Gasteiger partial charge in [-0.3, -0.25) is 4.79 Å². The van der Waals surface area contributed by atoms with Gasteiger partial charge in [0.2, 0.25) is 0 Å². The monoisotopic (exact) mass is 403 g/mol. The van der Waals surface area contributed by atoms with Crippen LogP contribution >= 0.6 is 11.8 Å². The number of rotatable bonds is 5. The summed E-state index contributed by atoms with van der Waals surface area (Å²) in [5, 5.41) is 0.148. The smallest absolute Gasteiger partial charge is 0.281 e. The van der Waals surface area contributed by atoms with E-state index in [1.807, 2.05) is 59.5 Å². The topological polar surface area (TPSA) is 29.5 Å². The fourth-order valence-electron chi connectivity index (χ4n) is 3.77. The summed E-state index contributed by atoms with van der Waals surface area (Å²) >= 11 is 1.38. The average Bonchev–Trinajstić information content (AvgIpc) is 2.80. The van der Waals surface area contributed by atoms with Gasteiger partial charge in [0.05, 0.1) is 0 Å². The molecule has 0 aromatic heterocycles. The van der Waals surface area contributed by atoms with Crippen LogP contribution in [0.2, 0.25) is 0 Å². The molecule has 0 aliphatic carbocycles. The Labute approximate surface area is 176 Å². The molecule has 3 nitrogen and oxygen atoms in total. The third kappa shape index (κ3) is 4.83. The number of hydrogen-bond donors (Lipinski definition) is 0. The third-order valence-corrected chi connectivity index (χ3v) is 6.37. The zero-order valence-electron chi connectivity index (χ0n) is 16.4. The number of ether oxygens (including phenoxy) is 1. The minimum absolute atomic E-state index is 0.148. The zero-order chi connectivity index (χ0) is 19.9. The minimum Gasteiger partial charge on any atom is -0.482 e. The Bertz CT molecular complexity index is 907. The molecule has 3 aromatic carbocycles. The molecule has 1 aliphatic rings. The van der Waals surface area contributed by atoms with Gasteiger partial charge < -0.3 is 9.64 Å². The van der Waals surface area contributed by atoms with Crippen molar-refractivity contribution in [3.05, 3.63) is 102 Å². The minimum atomic E-state index is -0.399. The average molecular weight is 404 g/mol. The first-order chi connectivity index (χ1) is 14.3. The molecule has 0 spiro atoms. The van der Waals surface area contributed by atoms with Gasteiger partial charge in [-0.15, -0.1) is 0 Å². The summed E-state index contributed by atoms with van der Waals surface area (Å²) in [7, 11) is 0. The second kappa shape index (κ2) is 9.19. The van der Waals surface area contributed by atoms with Gasteiger partial charge in [-0.2, -0.15) is 0 Å². The number of piperidine rings is 1. The number of thioether (sulfide) groups is 1. The lowest BCUT2D eigenvalue weighted by atomic mass is 9.84. The first-order valence-electron chi connectivity index (χ1n) is 10.0. The van der Waals surface area contributed by atoms with Crippen molar-refractivity contribution >= 4 is 17.0 Å². The molecule has 29 heavy (non-hydrogen) atoms. The summed E-state index contributed by atoms with van der Waals surface area (Å²) in [4.78, 5) is 14.7. The molecule has 148 valence electrons. The molecule has 0 unspecified atom stereocenters. The first kappa shape index (κ1) is 19.6. The van der Waals surface area contributed by atoms with Gasteiger partial charge >= 0.3 is 0 Å². The summed E-state index contributed by atoms with van der Waals surface area (Å²) in [6.07, 6.45) is 1.56. The Morgan fingerprint density at radius 2 is 1.38 bits per heavy atom. The summed E-state index contributed by atoms with van der Waals surface area (Å²) in [6.45, 7) is 1.39. The summed E-state index contributed by atoms with van der Waals surface area (Å²) < 4.78 is 6.54. The molecule has 0 radical (unpaired) electrons. The highest BCUT2D eigenvalue weighted by molar-refractivity contribution is 8.12. The second-order valence-electron chi connectivity index (χ2n) is 7.30. The number of para-hydroxylation sites is 1. The number of amides is 1. The van der Waals surface area contributed by atoms with Gasteiger partial charge in [0.1, 0.15) is 11.4 Å². The van der Waals surface area contributed by atoms with Crippen molar-refractivity contribution in [1.82, 2.24) is 4.90 Å². The highest BCUT2D eigenvalue weighted by Crippen LogP contribution is 2.38. The number of carbonyl (C=O) groups is 1. The van der Waals surface area contributed by atoms with E-state index in [1.165, 1.54) is 22.9 Å². The van der Waals surface area contributed by atoms with Gasteiger partial charge in [0.15, 0.2) is 0 Å². The molecule has 1 saturated heterocycles. The van der Waals surface area contributed by atoms with E-state index in [1.54, 1.807) is 0 Å². The number of nitrogens with zero attached hydrogens (tertiary/aromatic N) is 1. The third-order valence-electron chi connectivity index (χ3n) is 5.39. The van der Waals surface area contributed by atoms with E-state index in [4.69, 9.17) is 4.74 Å². The molecule has 1 aliphatic heterocycles. The van der Waals surface area contributed by atoms with Crippen LogP contribution in [0.25, 0.3) is 0 Å². The second-order valence-corrected chi connectivity index (χ2v) is 8.23. The lowest BCUT2D eigenvalue weighted by Gasteiger charge is -2.42. The molecule has 0 bridgehead atoms. The van der Waals surface area contributed by atoms with Crippen molar-refractivity contribution in [1.29, 1.82) is 0 Å². The molecule has 0 atom stereocenters. The van der Waals surface area contributed by atoms with Crippen LogP contribution in [0.1, 0.15) is 24.0 Å². The normalized spacial score (nSPS) is 15.7. The van der Waals surface area contributed by atoms with Gasteiger partial charge in [0, 0.05) is 31.7 Å². The molecule has 0 N–H and O–H groups in total. The Morgan fingerprint density at radius 3 is 2.00 bits per heavy atom. The van der Waals surface area contributed by atoms with Crippen molar-refractivity contribution in [2.24, 2.45) is 0 Å². The summed E-state index contributed by atoms with van der Waals surface area (Å²) in [5.74, 6) is 1.58. The maximum atomic E-state index is 12.7. The lowest BCUT2D eigenvalue weighted by Crippen LogP contribution is -2.47. The molecule has 4 rings (SSSR count). The predicted molar refractivity (Wildman–Crippen MR) is 119 cm³/mol. The SMILES string of the molecule is O=C(SCc1ccccc1)N1CCC(Oc2ccccc2)(c2ccccc2)CC1. The Balaban J connectivity index is 1.44. The molecule has 1 fully saturated rings. The highest BCUT2D eigenvalue weighted by Gasteiger charge is 2.39. The largest absolute Gasteiger partial charge is 0.482 e. The number of hydrogen-bond acceptors (Lipinski definition) is 3. The molecule has 4 heteroatoms. The quantitative estimate of drug-likeness (QED) is 0.515. The molecule has 0 saturated carbocycles. The van der Waals surface area contributed by atoms with Gasteiger partial charge in [-0.05, 0) is 23.3 Å². The van der Waals surface area contributed by atoms with E-state index < -0.39 is 5.60 Å². The van der Waals surface area contributed by atoms with Crippen LogP contribution in [-0.2, 0) is 11.4 Å². The number of carbonyl (C=O) groups excluding carboxylic acids is 1. The van der Waals surface area contributed by atoms with Crippen molar-refractivity contribution in [3.63, 3.8) is 0 Å². The van der Waals surface area contributed by atoms with E-state index >= 15 is 0 Å². The van der Waals surface area contributed by atoms with E-state index in [0.717, 1.165) is 18.6 Å². The van der Waals surface area contributed by atoms with E-state index in [0.29, 0.717) is 18.8 Å². The molecular formula is C25H25NO2S. The fourth-order valence-corrected chi connectivity index (χ4v) is 4.61. The summed E-state index contributed by atoms with van der Waals surface area (Å²) in [6, 6.07) is 30.5. The Hall–Kier alpha value is -2.72. The van der Waals surface area contributed by atoms with Crippen LogP contribution in [0.5, 0.6) is 5.75 Å². The summed E-state index contributed by atoms with van der Waals surface area (Å²) in [5.41, 5.74) is 1.95. The zero-order valence-corrected chi connectivity index (χ0v) is 17.2. The van der Waals surface area contributed by atoms with Crippen LogP contribution < -0.4 is 4.74 Å². The maximum absolute atomic E-state index is 12.7. The molecular weight excluding hydrogens is 378 g/mol. The van der Waals surface area contributed by atoms with Crippen molar-refractivity contribution < 1.29 is 9.53 Å². The Morgan fingerprint density at radius 1 is 0.828 bits per heavy atom. The van der Waals surface area contributed by atoms with Gasteiger partial charge in [-0.25, -0.2) is 0 Å². The van der Waals surface area contributed by atoms with Crippen LogP contribution in [0.4, 0.5) is 4.79 Å². The number of likely N-dealkylation sites (tertiary alicyclic amines) is 1. The highest BCUT2D eigenvalue weighted by atomic mass is 32.2. The first-order valence-corrected chi connectivity index (χ1v) is 11.0. The van der Waals surface area contributed by atoms with E-state index in [2.05, 4.69) is 36.4 Å². The van der Waals surface area contributed by atoms with E-state index in [9.17, 15) is 4.79 Å². The molecule has 1 amide bonds. The maximum Gasteiger partial charge on any atom is 0.281 e. The van der Waals surface area contributed by atoms with Crippen molar-refractivity contribution in [2.75, 3.05) is 13.1 Å².